The number of nitrogens with zero attached hydrogens (tertiary/aromatic N) is 2. The van der Waals surface area contributed by atoms with E-state index in [1.54, 1.807) is 6.92 Å². The Morgan fingerprint density at radius 1 is 1.05 bits per heavy atom. The molecule has 0 bridgehead atoms. The van der Waals surface area contributed by atoms with E-state index in [4.69, 9.17) is 0 Å². The number of nitrogens with one attached hydrogen (secondary N) is 1. The van der Waals surface area contributed by atoms with Crippen LogP contribution < -0.4 is 5.32 Å². The van der Waals surface area contributed by atoms with Crippen LogP contribution in [0.2, 0.25) is 0 Å². The van der Waals surface area contributed by atoms with E-state index in [9.17, 15) is 40.3 Å². The first-order valence-corrected chi connectivity index (χ1v) is 11.5. The molecule has 0 spiro atoms. The highest BCUT2D eigenvalue weighted by Gasteiger charge is 2.38. The van der Waals surface area contributed by atoms with Crippen LogP contribution >= 0.6 is 0 Å². The second-order valence-corrected chi connectivity index (χ2v) is 9.12. The van der Waals surface area contributed by atoms with Crippen LogP contribution in [0.1, 0.15) is 46.7 Å². The van der Waals surface area contributed by atoms with Crippen molar-refractivity contribution in [1.29, 1.82) is 0 Å². The summed E-state index contributed by atoms with van der Waals surface area (Å²) in [5.41, 5.74) is -2.18. The van der Waals surface area contributed by atoms with Gasteiger partial charge in [-0.3, -0.25) is 0 Å². The molecule has 2 aromatic rings. The Hall–Kier alpha value is -3.51. The van der Waals surface area contributed by atoms with Crippen LogP contribution in [0.15, 0.2) is 36.4 Å². The lowest BCUT2D eigenvalue weighted by molar-refractivity contribution is -0.143. The average Bonchev–Trinajstić information content (AvgIpc) is 2.82. The summed E-state index contributed by atoms with van der Waals surface area (Å²) in [6.45, 7) is 1.22. The van der Waals surface area contributed by atoms with Gasteiger partial charge in [-0.05, 0) is 66.8 Å². The van der Waals surface area contributed by atoms with Gasteiger partial charge in [-0.1, -0.05) is 6.07 Å². The van der Waals surface area contributed by atoms with Crippen molar-refractivity contribution in [1.82, 2.24) is 15.1 Å². The molecule has 0 radical (unpaired) electrons. The third-order valence-electron chi connectivity index (χ3n) is 6.34. The first kappa shape index (κ1) is 29.1. The number of alkyl carbamates (subject to hydrolysis) is 1. The van der Waals surface area contributed by atoms with Crippen LogP contribution in [0.3, 0.4) is 0 Å². The van der Waals surface area contributed by atoms with E-state index in [0.29, 0.717) is 29.7 Å². The van der Waals surface area contributed by atoms with Crippen molar-refractivity contribution in [3.8, 4) is 0 Å². The fourth-order valence-electron chi connectivity index (χ4n) is 4.53. The van der Waals surface area contributed by atoms with Gasteiger partial charge in [0.15, 0.2) is 0 Å². The van der Waals surface area contributed by atoms with Crippen LogP contribution in [0.25, 0.3) is 0 Å². The summed E-state index contributed by atoms with van der Waals surface area (Å²) in [5.74, 6) is -0.494. The molecule has 1 fully saturated rings. The van der Waals surface area contributed by atoms with E-state index in [-0.39, 0.29) is 24.6 Å². The molecule has 38 heavy (non-hydrogen) atoms. The monoisotopic (exact) mass is 549 g/mol. The maximum absolute atomic E-state index is 13.7. The first-order chi connectivity index (χ1) is 17.6. The summed E-state index contributed by atoms with van der Waals surface area (Å²) in [4.78, 5) is 27.6. The summed E-state index contributed by atoms with van der Waals surface area (Å²) in [7, 11) is 2.46. The molecule has 1 heterocycles. The molecule has 1 saturated heterocycles. The number of carbonyl (C=O) groups is 2. The van der Waals surface area contributed by atoms with E-state index in [0.717, 1.165) is 4.90 Å². The highest BCUT2D eigenvalue weighted by Crippen LogP contribution is 2.37. The van der Waals surface area contributed by atoms with Gasteiger partial charge in [-0.15, -0.1) is 0 Å². The summed E-state index contributed by atoms with van der Waals surface area (Å²) >= 11 is 0. The fourth-order valence-corrected chi connectivity index (χ4v) is 4.53. The number of piperidine rings is 1. The minimum atomic E-state index is -5.02. The number of likely N-dealkylation sites (tertiary alicyclic amines) is 1. The Bertz CT molecular complexity index is 1150. The molecule has 0 aromatic heterocycles. The third-order valence-corrected chi connectivity index (χ3v) is 6.34. The molecule has 3 amide bonds. The van der Waals surface area contributed by atoms with Gasteiger partial charge in [0.05, 0.1) is 24.3 Å². The lowest BCUT2D eigenvalue weighted by atomic mass is 9.89. The Morgan fingerprint density at radius 3 is 2.18 bits per heavy atom. The molecule has 0 unspecified atom stereocenters. The van der Waals surface area contributed by atoms with Crippen molar-refractivity contribution in [2.24, 2.45) is 0 Å². The predicted octanol–water partition coefficient (Wildman–Crippen LogP) is 6.29. The van der Waals surface area contributed by atoms with Gasteiger partial charge in [-0.25, -0.2) is 14.0 Å². The van der Waals surface area contributed by atoms with Crippen molar-refractivity contribution in [2.75, 3.05) is 20.7 Å². The molecule has 1 aliphatic heterocycles. The number of hydrogen-bond acceptors (Lipinski definition) is 3. The number of carbonyl (C=O) groups excluding carboxylic acids is 2. The van der Waals surface area contributed by atoms with Crippen LogP contribution in [-0.4, -0.2) is 48.7 Å². The largest absolute Gasteiger partial charge is 0.453 e. The van der Waals surface area contributed by atoms with Crippen molar-refractivity contribution in [3.05, 3.63) is 70.0 Å². The number of rotatable bonds is 4. The Kier molecular flexibility index (Phi) is 8.47. The van der Waals surface area contributed by atoms with E-state index < -0.39 is 60.0 Å². The van der Waals surface area contributed by atoms with Crippen molar-refractivity contribution in [3.63, 3.8) is 0 Å². The first-order valence-electron chi connectivity index (χ1n) is 11.5. The van der Waals surface area contributed by atoms with Gasteiger partial charge < -0.3 is 19.9 Å². The zero-order valence-corrected chi connectivity index (χ0v) is 20.7. The van der Waals surface area contributed by atoms with Crippen LogP contribution in [-0.2, 0) is 23.6 Å². The summed E-state index contributed by atoms with van der Waals surface area (Å²) < 4.78 is 97.9. The normalized spacial score (nSPS) is 18.2. The minimum absolute atomic E-state index is 0.0255. The van der Waals surface area contributed by atoms with Crippen LogP contribution in [0, 0.1) is 12.7 Å². The number of aryl methyl sites for hydroxylation is 1. The quantitative estimate of drug-likeness (QED) is 0.457. The highest BCUT2D eigenvalue weighted by molar-refractivity contribution is 5.75. The molecule has 0 saturated carbocycles. The molecule has 208 valence electrons. The van der Waals surface area contributed by atoms with Gasteiger partial charge in [0.2, 0.25) is 0 Å². The summed E-state index contributed by atoms with van der Waals surface area (Å²) in [6.07, 6.45) is -10.2. The molecule has 6 nitrogen and oxygen atoms in total. The minimum Gasteiger partial charge on any atom is -0.453 e. The number of ether oxygens (including phenoxy) is 1. The van der Waals surface area contributed by atoms with Gasteiger partial charge in [0, 0.05) is 26.2 Å². The second kappa shape index (κ2) is 11.1. The topological polar surface area (TPSA) is 61.9 Å². The number of amides is 3. The summed E-state index contributed by atoms with van der Waals surface area (Å²) in [5, 5.41) is 2.67. The van der Waals surface area contributed by atoms with Gasteiger partial charge in [0.1, 0.15) is 5.82 Å². The molecule has 0 aliphatic carbocycles. The number of alkyl halides is 6. The third kappa shape index (κ3) is 6.87. The predicted molar refractivity (Wildman–Crippen MR) is 122 cm³/mol. The number of benzene rings is 2. The van der Waals surface area contributed by atoms with Crippen LogP contribution in [0.4, 0.5) is 40.3 Å². The van der Waals surface area contributed by atoms with Crippen molar-refractivity contribution < 1.29 is 45.1 Å². The maximum atomic E-state index is 13.7. The van der Waals surface area contributed by atoms with Crippen molar-refractivity contribution >= 4 is 12.1 Å². The van der Waals surface area contributed by atoms with Gasteiger partial charge in [-0.2, -0.15) is 26.3 Å². The highest BCUT2D eigenvalue weighted by atomic mass is 19.4. The Labute approximate surface area is 214 Å². The number of methoxy groups -OCH3 is 1. The second-order valence-electron chi connectivity index (χ2n) is 9.12. The molecule has 1 aliphatic rings. The van der Waals surface area contributed by atoms with Crippen molar-refractivity contribution in [2.45, 2.75) is 50.7 Å². The van der Waals surface area contributed by atoms with E-state index in [2.05, 4.69) is 10.1 Å². The number of halogens is 7. The van der Waals surface area contributed by atoms with Gasteiger partial charge >= 0.3 is 24.5 Å². The maximum Gasteiger partial charge on any atom is 0.416 e. The molecular formula is C25H26F7N3O3. The Morgan fingerprint density at radius 2 is 1.66 bits per heavy atom. The lowest BCUT2D eigenvalue weighted by Gasteiger charge is -2.42. The molecule has 2 aromatic carbocycles. The molecule has 2 atom stereocenters. The smallest absolute Gasteiger partial charge is 0.416 e. The van der Waals surface area contributed by atoms with E-state index in [1.165, 1.54) is 37.3 Å². The van der Waals surface area contributed by atoms with Gasteiger partial charge in [0.25, 0.3) is 0 Å². The van der Waals surface area contributed by atoms with Crippen LogP contribution in [0.5, 0.6) is 0 Å². The number of urea groups is 1. The zero-order chi connectivity index (χ0) is 28.4. The standard InChI is InChI=1S/C25H26F7N3O3/c1-14-8-18(26)4-5-20(14)21-12-19(33-22(36)38-3)6-7-35(21)23(37)34(2)13-15-9-16(24(27,28)29)11-17(10-15)25(30,31)32/h4-5,8-11,19,21H,6-7,12-13H2,1-3H3,(H,33,36)/t19-,21-/m0/s1. The SMILES string of the molecule is COC(=O)N[C@H]1CCN(C(=O)N(C)Cc2cc(C(F)(F)F)cc(C(F)(F)F)c2)[C@H](c2ccc(F)cc2C)C1. The molecule has 1 N–H and O–H groups in total. The molecular weight excluding hydrogens is 523 g/mol. The van der Waals surface area contributed by atoms with E-state index >= 15 is 0 Å². The lowest BCUT2D eigenvalue weighted by Crippen LogP contribution is -2.51. The summed E-state index contributed by atoms with van der Waals surface area (Å²) in [6, 6.07) is 3.46. The molecule has 13 heteroatoms. The molecule has 3 rings (SSSR count). The Balaban J connectivity index is 1.90. The average molecular weight is 549 g/mol. The zero-order valence-electron chi connectivity index (χ0n) is 20.7. The fraction of sp³-hybridized carbons (Fsp3) is 0.440. The van der Waals surface area contributed by atoms with E-state index in [1.807, 2.05) is 0 Å². The number of hydrogen-bond donors (Lipinski definition) is 1.